The highest BCUT2D eigenvalue weighted by atomic mass is 16.5. The normalized spacial score (nSPS) is 24.0. The van der Waals surface area contributed by atoms with E-state index >= 15 is 0 Å². The lowest BCUT2D eigenvalue weighted by molar-refractivity contribution is -0.921. The van der Waals surface area contributed by atoms with Crippen LogP contribution < -0.4 is 14.4 Å². The smallest absolute Gasteiger partial charge is 0.231 e. The number of rotatable bonds is 5. The molecule has 3 rings (SSSR count). The van der Waals surface area contributed by atoms with Gasteiger partial charge in [0.15, 0.2) is 0 Å². The molecule has 2 fully saturated rings. The molecule has 138 valence electrons. The van der Waals surface area contributed by atoms with Gasteiger partial charge in [-0.25, -0.2) is 0 Å². The van der Waals surface area contributed by atoms with E-state index in [1.807, 2.05) is 12.1 Å². The van der Waals surface area contributed by atoms with E-state index in [1.165, 1.54) is 16.9 Å². The molecule has 2 atom stereocenters. The summed E-state index contributed by atoms with van der Waals surface area (Å²) in [5.74, 6) is 2.26. The van der Waals surface area contributed by atoms with Crippen molar-refractivity contribution < 1.29 is 19.2 Å². The standard InChI is InChI=1S/C20H30N2O3/c1-24-18-9-8-16(19(13-18)25-2)14-21-10-6-7-17(15-21)20(23)22-11-4-3-5-12-22/h8-9,13,17H,3-7,10-12,14-15H2,1-2H3/p+1/t17-/m1/s1. The van der Waals surface area contributed by atoms with E-state index in [4.69, 9.17) is 9.47 Å². The summed E-state index contributed by atoms with van der Waals surface area (Å²) in [6, 6.07) is 6.01. The van der Waals surface area contributed by atoms with Gasteiger partial charge in [-0.15, -0.1) is 0 Å². The number of carbonyl (C=O) groups is 1. The van der Waals surface area contributed by atoms with Gasteiger partial charge in [0.1, 0.15) is 18.0 Å². The van der Waals surface area contributed by atoms with Crippen molar-refractivity contribution in [2.24, 2.45) is 5.92 Å². The van der Waals surface area contributed by atoms with Crippen LogP contribution in [0.4, 0.5) is 0 Å². The quantitative estimate of drug-likeness (QED) is 0.878. The van der Waals surface area contributed by atoms with Crippen LogP contribution >= 0.6 is 0 Å². The number of nitrogens with one attached hydrogen (secondary N) is 1. The Morgan fingerprint density at radius 2 is 1.96 bits per heavy atom. The first-order chi connectivity index (χ1) is 12.2. The maximum Gasteiger partial charge on any atom is 0.231 e. The molecule has 0 aliphatic carbocycles. The van der Waals surface area contributed by atoms with E-state index in [2.05, 4.69) is 11.0 Å². The number of likely N-dealkylation sites (tertiary alicyclic amines) is 2. The van der Waals surface area contributed by atoms with Gasteiger partial charge in [0, 0.05) is 24.7 Å². The molecule has 2 aliphatic heterocycles. The van der Waals surface area contributed by atoms with Crippen LogP contribution in [0.1, 0.15) is 37.7 Å². The maximum absolute atomic E-state index is 12.8. The zero-order valence-electron chi connectivity index (χ0n) is 15.6. The molecule has 0 spiro atoms. The molecule has 2 heterocycles. The van der Waals surface area contributed by atoms with Crippen LogP contribution in [0, 0.1) is 5.92 Å². The number of nitrogens with zero attached hydrogens (tertiary/aromatic N) is 1. The summed E-state index contributed by atoms with van der Waals surface area (Å²) in [6.07, 6.45) is 5.76. The molecular weight excluding hydrogens is 316 g/mol. The topological polar surface area (TPSA) is 43.2 Å². The van der Waals surface area contributed by atoms with E-state index < -0.39 is 0 Å². The highest BCUT2D eigenvalue weighted by Gasteiger charge is 2.32. The van der Waals surface area contributed by atoms with Crippen LogP contribution in [0.5, 0.6) is 11.5 Å². The fourth-order valence-electron chi connectivity index (χ4n) is 4.16. The number of hydrogen-bond donors (Lipinski definition) is 1. The number of amides is 1. The first-order valence-electron chi connectivity index (χ1n) is 9.54. The predicted molar refractivity (Wildman–Crippen MR) is 97.1 cm³/mol. The van der Waals surface area contributed by atoms with Gasteiger partial charge in [0.05, 0.1) is 33.2 Å². The molecule has 5 heteroatoms. The SMILES string of the molecule is COc1ccc(C[NH+]2CCC[C@@H](C(=O)N3CCCCC3)C2)c(OC)c1. The summed E-state index contributed by atoms with van der Waals surface area (Å²) >= 11 is 0. The average Bonchev–Trinajstić information content (AvgIpc) is 2.68. The number of carbonyl (C=O) groups excluding carboxylic acids is 1. The molecule has 0 saturated carbocycles. The second-order valence-corrected chi connectivity index (χ2v) is 7.28. The molecule has 0 aromatic heterocycles. The molecule has 5 nitrogen and oxygen atoms in total. The molecule has 25 heavy (non-hydrogen) atoms. The van der Waals surface area contributed by atoms with Gasteiger partial charge in [-0.05, 0) is 44.2 Å². The lowest BCUT2D eigenvalue weighted by Gasteiger charge is -2.34. The van der Waals surface area contributed by atoms with Crippen molar-refractivity contribution in [2.75, 3.05) is 40.4 Å². The summed E-state index contributed by atoms with van der Waals surface area (Å²) in [5, 5.41) is 0. The molecular formula is C20H31N2O3+. The highest BCUT2D eigenvalue weighted by molar-refractivity contribution is 5.79. The Balaban J connectivity index is 1.62. The zero-order chi connectivity index (χ0) is 17.6. The van der Waals surface area contributed by atoms with Gasteiger partial charge in [-0.2, -0.15) is 0 Å². The van der Waals surface area contributed by atoms with Crippen molar-refractivity contribution in [3.63, 3.8) is 0 Å². The molecule has 2 aliphatic rings. The van der Waals surface area contributed by atoms with Gasteiger partial charge >= 0.3 is 0 Å². The van der Waals surface area contributed by atoms with Gasteiger partial charge in [-0.3, -0.25) is 4.79 Å². The first kappa shape index (κ1) is 18.1. The Morgan fingerprint density at radius 3 is 2.68 bits per heavy atom. The van der Waals surface area contributed by atoms with E-state index in [1.54, 1.807) is 14.2 Å². The zero-order valence-corrected chi connectivity index (χ0v) is 15.6. The largest absolute Gasteiger partial charge is 0.497 e. The van der Waals surface area contributed by atoms with Gasteiger partial charge in [0.2, 0.25) is 5.91 Å². The lowest BCUT2D eigenvalue weighted by atomic mass is 9.95. The predicted octanol–water partition coefficient (Wildman–Crippen LogP) is 1.51. The van der Waals surface area contributed by atoms with Gasteiger partial charge in [0.25, 0.3) is 0 Å². The average molecular weight is 347 g/mol. The summed E-state index contributed by atoms with van der Waals surface area (Å²) < 4.78 is 10.8. The Morgan fingerprint density at radius 1 is 1.16 bits per heavy atom. The molecule has 0 bridgehead atoms. The first-order valence-corrected chi connectivity index (χ1v) is 9.54. The fourth-order valence-corrected chi connectivity index (χ4v) is 4.16. The van der Waals surface area contributed by atoms with Crippen molar-refractivity contribution in [1.29, 1.82) is 0 Å². The lowest BCUT2D eigenvalue weighted by Crippen LogP contribution is -3.12. The number of benzene rings is 1. The van der Waals surface area contributed by atoms with Gasteiger partial charge in [-0.1, -0.05) is 0 Å². The molecule has 0 radical (unpaired) electrons. The van der Waals surface area contributed by atoms with Crippen LogP contribution in [-0.2, 0) is 11.3 Å². The molecule has 1 amide bonds. The summed E-state index contributed by atoms with van der Waals surface area (Å²) in [5.41, 5.74) is 1.18. The third kappa shape index (κ3) is 4.46. The Labute approximate surface area is 150 Å². The van der Waals surface area contributed by atoms with E-state index in [0.29, 0.717) is 5.91 Å². The number of hydrogen-bond acceptors (Lipinski definition) is 3. The van der Waals surface area contributed by atoms with Crippen molar-refractivity contribution in [2.45, 2.75) is 38.6 Å². The minimum Gasteiger partial charge on any atom is -0.497 e. The minimum atomic E-state index is 0.186. The molecule has 1 aromatic rings. The summed E-state index contributed by atoms with van der Waals surface area (Å²) in [6.45, 7) is 4.87. The fraction of sp³-hybridized carbons (Fsp3) is 0.650. The molecule has 1 aromatic carbocycles. The van der Waals surface area contributed by atoms with E-state index in [-0.39, 0.29) is 5.92 Å². The van der Waals surface area contributed by atoms with Crippen molar-refractivity contribution in [1.82, 2.24) is 4.90 Å². The Hall–Kier alpha value is -1.75. The number of piperidine rings is 2. The third-order valence-corrected chi connectivity index (χ3v) is 5.57. The summed E-state index contributed by atoms with van der Waals surface area (Å²) in [7, 11) is 3.37. The van der Waals surface area contributed by atoms with Crippen LogP contribution in [-0.4, -0.2) is 51.2 Å². The minimum absolute atomic E-state index is 0.186. The van der Waals surface area contributed by atoms with Crippen LogP contribution in [0.2, 0.25) is 0 Å². The number of ether oxygens (including phenoxy) is 2. The van der Waals surface area contributed by atoms with Crippen molar-refractivity contribution >= 4 is 5.91 Å². The number of quaternary nitrogens is 1. The third-order valence-electron chi connectivity index (χ3n) is 5.57. The van der Waals surface area contributed by atoms with Crippen molar-refractivity contribution in [3.05, 3.63) is 23.8 Å². The molecule has 2 saturated heterocycles. The number of methoxy groups -OCH3 is 2. The van der Waals surface area contributed by atoms with E-state index in [9.17, 15) is 4.79 Å². The molecule has 1 N–H and O–H groups in total. The molecule has 1 unspecified atom stereocenters. The second kappa shape index (κ2) is 8.56. The van der Waals surface area contributed by atoms with Crippen LogP contribution in [0.15, 0.2) is 18.2 Å². The van der Waals surface area contributed by atoms with Crippen LogP contribution in [0.25, 0.3) is 0 Å². The maximum atomic E-state index is 12.8. The monoisotopic (exact) mass is 347 g/mol. The highest BCUT2D eigenvalue weighted by Crippen LogP contribution is 2.24. The van der Waals surface area contributed by atoms with Gasteiger partial charge < -0.3 is 19.3 Å². The van der Waals surface area contributed by atoms with Crippen molar-refractivity contribution in [3.8, 4) is 11.5 Å². The van der Waals surface area contributed by atoms with E-state index in [0.717, 1.165) is 69.9 Å². The van der Waals surface area contributed by atoms with Crippen LogP contribution in [0.3, 0.4) is 0 Å². The Kier molecular flexibility index (Phi) is 6.19. The Bertz CT molecular complexity index is 584. The second-order valence-electron chi connectivity index (χ2n) is 7.28. The summed E-state index contributed by atoms with van der Waals surface area (Å²) in [4.78, 5) is 16.4.